The molecule has 1 nitrogen and oxygen atoms in total. The van der Waals surface area contributed by atoms with Crippen LogP contribution in [0.15, 0.2) is 59.8 Å². The van der Waals surface area contributed by atoms with Crippen LogP contribution in [0.4, 0.5) is 0 Å². The van der Waals surface area contributed by atoms with Crippen molar-refractivity contribution < 1.29 is 0 Å². The average molecular weight is 273 g/mol. The van der Waals surface area contributed by atoms with Gasteiger partial charge in [0.25, 0.3) is 0 Å². The lowest BCUT2D eigenvalue weighted by molar-refractivity contribution is 0.662. The zero-order chi connectivity index (χ0) is 15.4. The molecule has 1 heteroatoms. The molecule has 0 amide bonds. The molecule has 0 bridgehead atoms. The molecule has 0 saturated carbocycles. The van der Waals surface area contributed by atoms with E-state index in [1.807, 2.05) is 45.9 Å². The van der Waals surface area contributed by atoms with E-state index in [9.17, 15) is 0 Å². The Bertz CT molecular complexity index is 394. The van der Waals surface area contributed by atoms with E-state index in [4.69, 9.17) is 5.73 Å². The molecular formula is C19H31N. The van der Waals surface area contributed by atoms with Crippen molar-refractivity contribution in [3.8, 4) is 0 Å². The number of allylic oxidation sites excluding steroid dienone is 6. The largest absolute Gasteiger partial charge is 0.320 e. The van der Waals surface area contributed by atoms with Crippen LogP contribution >= 0.6 is 0 Å². The maximum Gasteiger partial charge on any atom is 0.0548 e. The third-order valence-electron chi connectivity index (χ3n) is 3.18. The van der Waals surface area contributed by atoms with Crippen LogP contribution in [-0.4, -0.2) is 6.04 Å². The van der Waals surface area contributed by atoms with Gasteiger partial charge in [-0.1, -0.05) is 69.4 Å². The Morgan fingerprint density at radius 1 is 1.30 bits per heavy atom. The minimum absolute atomic E-state index is 0.0288. The summed E-state index contributed by atoms with van der Waals surface area (Å²) < 4.78 is 0. The molecule has 2 atom stereocenters. The van der Waals surface area contributed by atoms with E-state index in [-0.39, 0.29) is 6.04 Å². The summed E-state index contributed by atoms with van der Waals surface area (Å²) in [6.07, 6.45) is 19.3. The topological polar surface area (TPSA) is 26.0 Å². The van der Waals surface area contributed by atoms with Crippen molar-refractivity contribution >= 4 is 0 Å². The first-order chi connectivity index (χ1) is 9.69. The molecule has 2 N–H and O–H groups in total. The minimum atomic E-state index is -0.0288. The Kier molecular flexibility index (Phi) is 10.7. The van der Waals surface area contributed by atoms with Crippen molar-refractivity contribution in [2.45, 2.75) is 53.5 Å². The zero-order valence-corrected chi connectivity index (χ0v) is 13.8. The van der Waals surface area contributed by atoms with Gasteiger partial charge in [0.05, 0.1) is 6.04 Å². The molecule has 1 rings (SSSR count). The van der Waals surface area contributed by atoms with E-state index in [0.29, 0.717) is 5.92 Å². The van der Waals surface area contributed by atoms with Crippen LogP contribution in [0.25, 0.3) is 0 Å². The SMILES string of the molecule is CC.C\C=C/C(=C\C=C\C)C(N)C1=CCCC(C)C=C1. The van der Waals surface area contributed by atoms with Gasteiger partial charge >= 0.3 is 0 Å². The van der Waals surface area contributed by atoms with Crippen LogP contribution in [0, 0.1) is 5.92 Å². The Morgan fingerprint density at radius 3 is 2.60 bits per heavy atom. The first kappa shape index (κ1) is 18.7. The quantitative estimate of drug-likeness (QED) is 0.688. The molecule has 0 aliphatic heterocycles. The van der Waals surface area contributed by atoms with Gasteiger partial charge in [0.15, 0.2) is 0 Å². The minimum Gasteiger partial charge on any atom is -0.320 e. The first-order valence-electron chi connectivity index (χ1n) is 7.78. The molecule has 112 valence electrons. The van der Waals surface area contributed by atoms with E-state index < -0.39 is 0 Å². The standard InChI is InChI=1S/C17H25N.C2H6/c1-4-6-10-15(8-5-2)17(18)16-11-7-9-14(3)12-13-16;1-2/h4-6,8,10-14,17H,7,9,18H2,1-3H3;1-2H3/b6-4+,8-5-,15-10+;. The highest BCUT2D eigenvalue weighted by molar-refractivity contribution is 5.40. The lowest BCUT2D eigenvalue weighted by Crippen LogP contribution is -2.23. The summed E-state index contributed by atoms with van der Waals surface area (Å²) in [7, 11) is 0. The van der Waals surface area contributed by atoms with Crippen molar-refractivity contribution in [1.82, 2.24) is 0 Å². The molecule has 1 aliphatic rings. The van der Waals surface area contributed by atoms with Crippen molar-refractivity contribution in [2.75, 3.05) is 0 Å². The number of hydrogen-bond acceptors (Lipinski definition) is 1. The van der Waals surface area contributed by atoms with Crippen molar-refractivity contribution in [3.63, 3.8) is 0 Å². The molecule has 0 aromatic rings. The monoisotopic (exact) mass is 273 g/mol. The second-order valence-corrected chi connectivity index (χ2v) is 4.79. The summed E-state index contributed by atoms with van der Waals surface area (Å²) in [5, 5.41) is 0. The van der Waals surface area contributed by atoms with E-state index in [0.717, 1.165) is 12.0 Å². The summed E-state index contributed by atoms with van der Waals surface area (Å²) in [5.41, 5.74) is 8.75. The molecule has 0 aromatic carbocycles. The molecule has 0 fully saturated rings. The summed E-state index contributed by atoms with van der Waals surface area (Å²) >= 11 is 0. The summed E-state index contributed by atoms with van der Waals surface area (Å²) in [5.74, 6) is 0.649. The lowest BCUT2D eigenvalue weighted by Gasteiger charge is -2.14. The molecule has 0 aromatic heterocycles. The van der Waals surface area contributed by atoms with Crippen LogP contribution in [0.1, 0.15) is 47.5 Å². The maximum absolute atomic E-state index is 6.36. The van der Waals surface area contributed by atoms with E-state index >= 15 is 0 Å². The van der Waals surface area contributed by atoms with Crippen LogP contribution < -0.4 is 5.73 Å². The highest BCUT2D eigenvalue weighted by Crippen LogP contribution is 2.20. The predicted molar refractivity (Wildman–Crippen MR) is 92.7 cm³/mol. The molecule has 2 unspecified atom stereocenters. The maximum atomic E-state index is 6.36. The Morgan fingerprint density at radius 2 is 2.00 bits per heavy atom. The lowest BCUT2D eigenvalue weighted by atomic mass is 9.97. The second-order valence-electron chi connectivity index (χ2n) is 4.79. The van der Waals surface area contributed by atoms with Gasteiger partial charge in [-0.05, 0) is 43.8 Å². The molecule has 0 spiro atoms. The van der Waals surface area contributed by atoms with Gasteiger partial charge < -0.3 is 5.73 Å². The number of nitrogens with two attached hydrogens (primary N) is 1. The zero-order valence-electron chi connectivity index (χ0n) is 13.8. The molecular weight excluding hydrogens is 242 g/mol. The normalized spacial score (nSPS) is 21.4. The van der Waals surface area contributed by atoms with Crippen LogP contribution in [0.3, 0.4) is 0 Å². The van der Waals surface area contributed by atoms with Crippen molar-refractivity contribution in [2.24, 2.45) is 11.7 Å². The van der Waals surface area contributed by atoms with Gasteiger partial charge in [0, 0.05) is 0 Å². The first-order valence-corrected chi connectivity index (χ1v) is 7.78. The predicted octanol–water partition coefficient (Wildman–Crippen LogP) is 5.33. The summed E-state index contributed by atoms with van der Waals surface area (Å²) in [6.45, 7) is 10.3. The smallest absolute Gasteiger partial charge is 0.0548 e. The van der Waals surface area contributed by atoms with Gasteiger partial charge in [0.1, 0.15) is 0 Å². The Balaban J connectivity index is 0.00000172. The average Bonchev–Trinajstić information content (AvgIpc) is 2.69. The fourth-order valence-electron chi connectivity index (χ4n) is 2.04. The molecule has 0 heterocycles. The summed E-state index contributed by atoms with van der Waals surface area (Å²) in [4.78, 5) is 0. The van der Waals surface area contributed by atoms with Gasteiger partial charge in [-0.15, -0.1) is 0 Å². The third-order valence-corrected chi connectivity index (χ3v) is 3.18. The number of rotatable bonds is 4. The van der Waals surface area contributed by atoms with E-state index in [2.05, 4.69) is 37.3 Å². The van der Waals surface area contributed by atoms with E-state index in [1.54, 1.807) is 0 Å². The van der Waals surface area contributed by atoms with Gasteiger partial charge in [-0.2, -0.15) is 0 Å². The van der Waals surface area contributed by atoms with Crippen LogP contribution in [0.5, 0.6) is 0 Å². The Hall–Kier alpha value is -1.34. The summed E-state index contributed by atoms with van der Waals surface area (Å²) in [6, 6.07) is -0.0288. The second kappa shape index (κ2) is 11.5. The molecule has 0 saturated heterocycles. The van der Waals surface area contributed by atoms with Crippen LogP contribution in [-0.2, 0) is 0 Å². The van der Waals surface area contributed by atoms with Gasteiger partial charge in [0.2, 0.25) is 0 Å². The van der Waals surface area contributed by atoms with Crippen LogP contribution in [0.2, 0.25) is 0 Å². The highest BCUT2D eigenvalue weighted by Gasteiger charge is 2.12. The van der Waals surface area contributed by atoms with Crippen molar-refractivity contribution in [3.05, 3.63) is 59.8 Å². The molecule has 0 radical (unpaired) electrons. The van der Waals surface area contributed by atoms with Gasteiger partial charge in [-0.3, -0.25) is 0 Å². The highest BCUT2D eigenvalue weighted by atomic mass is 14.6. The fourth-order valence-corrected chi connectivity index (χ4v) is 2.04. The third kappa shape index (κ3) is 6.72. The molecule has 1 aliphatic carbocycles. The Labute approximate surface area is 125 Å². The number of hydrogen-bond donors (Lipinski definition) is 1. The van der Waals surface area contributed by atoms with Gasteiger partial charge in [-0.25, -0.2) is 0 Å². The van der Waals surface area contributed by atoms with E-state index in [1.165, 1.54) is 12.0 Å². The molecule has 20 heavy (non-hydrogen) atoms. The van der Waals surface area contributed by atoms with Crippen molar-refractivity contribution in [1.29, 1.82) is 0 Å². The fraction of sp³-hybridized carbons (Fsp3) is 0.474.